The van der Waals surface area contributed by atoms with Crippen LogP contribution in [0.2, 0.25) is 0 Å². The Hall–Kier alpha value is -1.39. The molecule has 3 aliphatic carbocycles. The summed E-state index contributed by atoms with van der Waals surface area (Å²) in [7, 11) is 0. The maximum absolute atomic E-state index is 12.6. The number of unbranched alkanes of at least 4 members (excludes halogenated alkanes) is 1. The third kappa shape index (κ3) is 4.50. The summed E-state index contributed by atoms with van der Waals surface area (Å²) in [5.74, 6) is 3.20. The van der Waals surface area contributed by atoms with Crippen molar-refractivity contribution >= 4 is 5.97 Å². The summed E-state index contributed by atoms with van der Waals surface area (Å²) in [5, 5.41) is 10.8. The molecule has 1 aromatic carbocycles. The molecule has 0 bridgehead atoms. The molecule has 0 unspecified atom stereocenters. The first-order chi connectivity index (χ1) is 16.0. The molecule has 6 atom stereocenters. The lowest BCUT2D eigenvalue weighted by atomic mass is 9.52. The van der Waals surface area contributed by atoms with Gasteiger partial charge in [0.1, 0.15) is 5.75 Å². The minimum absolute atomic E-state index is 0.104. The molecule has 1 saturated heterocycles. The second kappa shape index (κ2) is 9.70. The van der Waals surface area contributed by atoms with Crippen LogP contribution in [0.15, 0.2) is 18.2 Å². The number of nitrogens with zero attached hydrogens (tertiary/aromatic N) is 1. The Kier molecular flexibility index (Phi) is 6.86. The molecule has 182 valence electrons. The number of ether oxygens (including phenoxy) is 1. The van der Waals surface area contributed by atoms with E-state index in [4.69, 9.17) is 4.74 Å². The number of aliphatic hydroxyl groups is 1. The van der Waals surface area contributed by atoms with E-state index in [-0.39, 0.29) is 17.5 Å². The van der Waals surface area contributed by atoms with Crippen LogP contribution in [0.1, 0.15) is 95.1 Å². The van der Waals surface area contributed by atoms with Crippen LogP contribution in [0, 0.1) is 23.2 Å². The van der Waals surface area contributed by atoms with Crippen LogP contribution < -0.4 is 4.74 Å². The fraction of sp³-hybridized carbons (Fsp3) is 0.759. The maximum Gasteiger partial charge on any atom is 0.325 e. The Morgan fingerprint density at radius 3 is 2.79 bits per heavy atom. The SMILES string of the molecule is CCCC[C@@H]1Cc2cc(OC(=O)CN3CCCCC3)ccc2[C@H]2CC[C@]3(C)[C@@H](O)CC[C@H]3[C@H]12. The number of fused-ring (bicyclic) bond motifs is 5. The summed E-state index contributed by atoms with van der Waals surface area (Å²) in [4.78, 5) is 14.8. The molecule has 1 N–H and O–H groups in total. The molecule has 0 radical (unpaired) electrons. The monoisotopic (exact) mass is 453 g/mol. The fourth-order valence-corrected chi connectivity index (χ4v) is 8.01. The number of esters is 1. The first-order valence-corrected chi connectivity index (χ1v) is 13.7. The number of aliphatic hydroxyl groups excluding tert-OH is 1. The number of likely N-dealkylation sites (tertiary alicyclic amines) is 1. The molecule has 0 aromatic heterocycles. The van der Waals surface area contributed by atoms with E-state index < -0.39 is 0 Å². The topological polar surface area (TPSA) is 49.8 Å². The second-order valence-corrected chi connectivity index (χ2v) is 11.7. The van der Waals surface area contributed by atoms with Gasteiger partial charge in [0, 0.05) is 0 Å². The first kappa shape index (κ1) is 23.4. The van der Waals surface area contributed by atoms with Crippen LogP contribution in [0.3, 0.4) is 0 Å². The lowest BCUT2D eigenvalue weighted by Crippen LogP contribution is -2.47. The zero-order valence-electron chi connectivity index (χ0n) is 20.7. The zero-order valence-corrected chi connectivity index (χ0v) is 20.7. The van der Waals surface area contributed by atoms with Crippen LogP contribution in [0.25, 0.3) is 0 Å². The van der Waals surface area contributed by atoms with Crippen molar-refractivity contribution in [3.05, 3.63) is 29.3 Å². The van der Waals surface area contributed by atoms with E-state index in [1.54, 1.807) is 0 Å². The highest BCUT2D eigenvalue weighted by Gasteiger charge is 2.56. The van der Waals surface area contributed by atoms with Gasteiger partial charge in [-0.05, 0) is 117 Å². The number of carbonyl (C=O) groups excluding carboxylic acids is 1. The van der Waals surface area contributed by atoms with Gasteiger partial charge in [0.15, 0.2) is 0 Å². The minimum atomic E-state index is -0.127. The van der Waals surface area contributed by atoms with Gasteiger partial charge in [-0.15, -0.1) is 0 Å². The summed E-state index contributed by atoms with van der Waals surface area (Å²) < 4.78 is 5.82. The van der Waals surface area contributed by atoms with Gasteiger partial charge < -0.3 is 9.84 Å². The molecular formula is C29H43NO3. The molecule has 0 spiro atoms. The van der Waals surface area contributed by atoms with Gasteiger partial charge in [0.05, 0.1) is 12.6 Å². The maximum atomic E-state index is 12.6. The molecule has 1 aliphatic heterocycles. The number of benzene rings is 1. The van der Waals surface area contributed by atoms with Gasteiger partial charge in [-0.3, -0.25) is 9.69 Å². The van der Waals surface area contributed by atoms with Crippen LogP contribution in [0.5, 0.6) is 5.75 Å². The van der Waals surface area contributed by atoms with Gasteiger partial charge in [-0.1, -0.05) is 39.2 Å². The molecular weight excluding hydrogens is 410 g/mol. The second-order valence-electron chi connectivity index (χ2n) is 11.7. The third-order valence-electron chi connectivity index (χ3n) is 9.78. The normalized spacial score (nSPS) is 36.0. The highest BCUT2D eigenvalue weighted by molar-refractivity contribution is 5.74. The van der Waals surface area contributed by atoms with Gasteiger partial charge in [0.2, 0.25) is 0 Å². The van der Waals surface area contributed by atoms with Gasteiger partial charge in [-0.25, -0.2) is 0 Å². The Morgan fingerprint density at radius 2 is 2.00 bits per heavy atom. The van der Waals surface area contributed by atoms with Crippen molar-refractivity contribution in [2.24, 2.45) is 23.2 Å². The standard InChI is InChI=1S/C29H43NO3/c1-3-4-8-20-17-21-18-22(33-27(32)19-30-15-6-5-7-16-30)9-10-23(21)24-13-14-29(2)25(28(20)24)11-12-26(29)31/h9-10,18,20,24-26,28,31H,3-8,11-17,19H2,1-2H3/t20-,24-,25+,26+,28-,29+/m1/s1. The van der Waals surface area contributed by atoms with Crippen LogP contribution in [0.4, 0.5) is 0 Å². The Bertz CT molecular complexity index is 847. The largest absolute Gasteiger partial charge is 0.426 e. The van der Waals surface area contributed by atoms with E-state index in [2.05, 4.69) is 30.9 Å². The molecule has 33 heavy (non-hydrogen) atoms. The predicted molar refractivity (Wildman–Crippen MR) is 131 cm³/mol. The Morgan fingerprint density at radius 1 is 1.18 bits per heavy atom. The fourth-order valence-electron chi connectivity index (χ4n) is 8.01. The van der Waals surface area contributed by atoms with Crippen molar-refractivity contribution in [1.29, 1.82) is 0 Å². The van der Waals surface area contributed by atoms with Crippen molar-refractivity contribution in [1.82, 2.24) is 4.90 Å². The van der Waals surface area contributed by atoms with Crippen molar-refractivity contribution in [2.45, 2.75) is 96.5 Å². The number of hydrogen-bond acceptors (Lipinski definition) is 4. The van der Waals surface area contributed by atoms with E-state index in [9.17, 15) is 9.90 Å². The molecule has 4 nitrogen and oxygen atoms in total. The molecule has 1 aromatic rings. The Balaban J connectivity index is 1.35. The van der Waals surface area contributed by atoms with Gasteiger partial charge in [0.25, 0.3) is 0 Å². The van der Waals surface area contributed by atoms with Crippen molar-refractivity contribution in [3.63, 3.8) is 0 Å². The van der Waals surface area contributed by atoms with Crippen molar-refractivity contribution in [3.8, 4) is 5.75 Å². The summed E-state index contributed by atoms with van der Waals surface area (Å²) in [6.07, 6.45) is 12.9. The summed E-state index contributed by atoms with van der Waals surface area (Å²) in [6.45, 7) is 7.08. The van der Waals surface area contributed by atoms with E-state index in [1.165, 1.54) is 62.5 Å². The average molecular weight is 454 g/mol. The van der Waals surface area contributed by atoms with E-state index >= 15 is 0 Å². The van der Waals surface area contributed by atoms with E-state index in [0.717, 1.165) is 38.1 Å². The first-order valence-electron chi connectivity index (χ1n) is 13.7. The average Bonchev–Trinajstić information content (AvgIpc) is 3.12. The zero-order chi connectivity index (χ0) is 23.0. The van der Waals surface area contributed by atoms with Gasteiger partial charge >= 0.3 is 5.97 Å². The van der Waals surface area contributed by atoms with Gasteiger partial charge in [-0.2, -0.15) is 0 Å². The van der Waals surface area contributed by atoms with Crippen LogP contribution >= 0.6 is 0 Å². The highest BCUT2D eigenvalue weighted by Crippen LogP contribution is 2.62. The van der Waals surface area contributed by atoms with Crippen LogP contribution in [-0.4, -0.2) is 41.7 Å². The number of rotatable bonds is 6. The number of carbonyl (C=O) groups is 1. The lowest BCUT2D eigenvalue weighted by molar-refractivity contribution is -0.135. The molecule has 4 heteroatoms. The smallest absolute Gasteiger partial charge is 0.325 e. The van der Waals surface area contributed by atoms with Crippen molar-refractivity contribution in [2.75, 3.05) is 19.6 Å². The molecule has 5 rings (SSSR count). The van der Waals surface area contributed by atoms with E-state index in [1.807, 2.05) is 6.07 Å². The molecule has 0 amide bonds. The quantitative estimate of drug-likeness (QED) is 0.443. The summed E-state index contributed by atoms with van der Waals surface area (Å²) in [6, 6.07) is 6.48. The molecule has 4 aliphatic rings. The van der Waals surface area contributed by atoms with Crippen LogP contribution in [-0.2, 0) is 11.2 Å². The summed E-state index contributed by atoms with van der Waals surface area (Å²) in [5.41, 5.74) is 3.00. The highest BCUT2D eigenvalue weighted by atomic mass is 16.5. The van der Waals surface area contributed by atoms with Crippen molar-refractivity contribution < 1.29 is 14.6 Å². The third-order valence-corrected chi connectivity index (χ3v) is 9.78. The Labute approximate surface area is 200 Å². The predicted octanol–water partition coefficient (Wildman–Crippen LogP) is 5.71. The van der Waals surface area contributed by atoms with E-state index in [0.29, 0.717) is 30.2 Å². The number of piperidine rings is 1. The minimum Gasteiger partial charge on any atom is -0.426 e. The molecule has 2 saturated carbocycles. The molecule has 1 heterocycles. The summed E-state index contributed by atoms with van der Waals surface area (Å²) >= 11 is 0. The molecule has 3 fully saturated rings. The number of hydrogen-bond donors (Lipinski definition) is 1. The lowest BCUT2D eigenvalue weighted by Gasteiger charge is -2.53.